The third-order valence-corrected chi connectivity index (χ3v) is 6.27. The molecule has 1 aliphatic carbocycles. The number of rotatable bonds is 7. The van der Waals surface area contributed by atoms with Gasteiger partial charge in [-0.2, -0.15) is 5.10 Å². The van der Waals surface area contributed by atoms with Crippen LogP contribution in [0.3, 0.4) is 0 Å². The molecule has 0 bridgehead atoms. The Labute approximate surface area is 157 Å². The zero-order valence-electron chi connectivity index (χ0n) is 14.5. The second-order valence-electron chi connectivity index (χ2n) is 6.47. The number of benzene rings is 1. The topological polar surface area (TPSA) is 113 Å². The van der Waals surface area contributed by atoms with E-state index in [1.165, 1.54) is 3.97 Å². The van der Waals surface area contributed by atoms with Crippen molar-refractivity contribution in [1.82, 2.24) is 9.40 Å². The average molecular weight is 396 g/mol. The summed E-state index contributed by atoms with van der Waals surface area (Å²) in [5.41, 5.74) is 9.83. The fourth-order valence-electron chi connectivity index (χ4n) is 2.88. The summed E-state index contributed by atoms with van der Waals surface area (Å²) in [6.45, 7) is 1.96. The normalized spacial score (nSPS) is 15.4. The van der Waals surface area contributed by atoms with Gasteiger partial charge in [0, 0.05) is 28.1 Å². The lowest BCUT2D eigenvalue weighted by Crippen LogP contribution is -2.27. The molecule has 0 atom stereocenters. The molecule has 4 N–H and O–H groups in total. The number of nitrogens with zero attached hydrogens (tertiary/aromatic N) is 2. The summed E-state index contributed by atoms with van der Waals surface area (Å²) in [4.78, 5) is 0. The summed E-state index contributed by atoms with van der Waals surface area (Å²) in [7, 11) is -3.48. The Kier molecular flexibility index (Phi) is 5.24. The lowest BCUT2D eigenvalue weighted by Gasteiger charge is -2.06. The first-order valence-corrected chi connectivity index (χ1v) is 10.5. The molecule has 1 heterocycles. The van der Waals surface area contributed by atoms with E-state index in [1.54, 1.807) is 24.4 Å². The van der Waals surface area contributed by atoms with E-state index in [0.29, 0.717) is 28.2 Å². The molecule has 0 unspecified atom stereocenters. The third-order valence-electron chi connectivity index (χ3n) is 4.32. The van der Waals surface area contributed by atoms with Crippen LogP contribution < -0.4 is 11.2 Å². The maximum absolute atomic E-state index is 12.8. The van der Waals surface area contributed by atoms with E-state index in [9.17, 15) is 8.42 Å². The molecule has 7 nitrogen and oxygen atoms in total. The maximum Gasteiger partial charge on any atom is 0.238 e. The second-order valence-corrected chi connectivity index (χ2v) is 8.87. The zero-order chi connectivity index (χ0) is 18.9. The smallest absolute Gasteiger partial charge is 0.238 e. The number of hydrogen-bond donors (Lipinski definition) is 3. The maximum atomic E-state index is 12.8. The van der Waals surface area contributed by atoms with Crippen LogP contribution in [0.2, 0.25) is 5.02 Å². The number of aromatic nitrogens is 1. The minimum absolute atomic E-state index is 0.0803. The van der Waals surface area contributed by atoms with Gasteiger partial charge in [-0.15, -0.1) is 0 Å². The quantitative estimate of drug-likeness (QED) is 0.380. The summed E-state index contributed by atoms with van der Waals surface area (Å²) in [6, 6.07) is 5.15. The molecule has 1 aromatic carbocycles. The summed E-state index contributed by atoms with van der Waals surface area (Å²) in [5, 5.41) is 12.8. The minimum atomic E-state index is -3.48. The zero-order valence-corrected chi connectivity index (χ0v) is 16.1. The fraction of sp³-hybridized carbons (Fsp3) is 0.412. The highest BCUT2D eigenvalue weighted by Gasteiger charge is 2.32. The van der Waals surface area contributed by atoms with Crippen LogP contribution in [0, 0.1) is 11.3 Å². The lowest BCUT2D eigenvalue weighted by atomic mass is 10.1. The van der Waals surface area contributed by atoms with Crippen LogP contribution in [0.4, 0.5) is 0 Å². The molecule has 1 aromatic heterocycles. The summed E-state index contributed by atoms with van der Waals surface area (Å²) >= 11 is 6.16. The highest BCUT2D eigenvalue weighted by molar-refractivity contribution is 7.90. The number of nitrogens with two attached hydrogens (primary N) is 1. The van der Waals surface area contributed by atoms with Gasteiger partial charge in [0.05, 0.1) is 17.0 Å². The van der Waals surface area contributed by atoms with E-state index >= 15 is 0 Å². The Bertz CT molecular complexity index is 976. The molecule has 0 radical (unpaired) electrons. The van der Waals surface area contributed by atoms with E-state index in [1.807, 2.05) is 6.92 Å². The molecular formula is C17H22ClN5O2S. The molecule has 0 saturated heterocycles. The van der Waals surface area contributed by atoms with Gasteiger partial charge in [0.1, 0.15) is 0 Å². The predicted molar refractivity (Wildman–Crippen MR) is 105 cm³/mol. The van der Waals surface area contributed by atoms with E-state index in [-0.39, 0.29) is 17.6 Å². The second kappa shape index (κ2) is 7.28. The highest BCUT2D eigenvalue weighted by atomic mass is 35.5. The van der Waals surface area contributed by atoms with Crippen molar-refractivity contribution in [3.63, 3.8) is 0 Å². The molecule has 2 aromatic rings. The van der Waals surface area contributed by atoms with Crippen LogP contribution >= 0.6 is 11.6 Å². The van der Waals surface area contributed by atoms with E-state index in [4.69, 9.17) is 22.7 Å². The van der Waals surface area contributed by atoms with Gasteiger partial charge in [-0.25, -0.2) is 17.8 Å². The van der Waals surface area contributed by atoms with Gasteiger partial charge in [-0.1, -0.05) is 24.9 Å². The first-order chi connectivity index (χ1) is 12.3. The standard InChI is InChI=1S/C17H22ClN5O2S/c1-2-3-8-26(24,25)23-10-14(13-9-12(18)6-7-15(13)23)16(11-4-5-11)21-22-17(19)20/h6-7,9-11H,2-5,8H2,1H3,(H4,19,20,22). The SMILES string of the molecule is CCCCS(=O)(=O)n1cc(C(=NNC(=N)N)C2CC2)c2cc(Cl)ccc21. The van der Waals surface area contributed by atoms with E-state index < -0.39 is 10.0 Å². The van der Waals surface area contributed by atoms with Crippen molar-refractivity contribution in [3.8, 4) is 0 Å². The number of unbranched alkanes of at least 4 members (excludes halogenated alkanes) is 1. The Hall–Kier alpha value is -2.06. The van der Waals surface area contributed by atoms with Gasteiger partial charge in [-0.05, 0) is 37.5 Å². The number of nitrogens with one attached hydrogen (secondary N) is 2. The van der Waals surface area contributed by atoms with Gasteiger partial charge in [0.2, 0.25) is 16.0 Å². The molecule has 0 spiro atoms. The molecular weight excluding hydrogens is 374 g/mol. The molecule has 1 fully saturated rings. The number of hydrazone groups is 1. The minimum Gasteiger partial charge on any atom is -0.369 e. The van der Waals surface area contributed by atoms with E-state index in [0.717, 1.165) is 24.6 Å². The molecule has 0 aliphatic heterocycles. The first-order valence-electron chi connectivity index (χ1n) is 8.55. The number of fused-ring (bicyclic) bond motifs is 1. The number of hydrogen-bond acceptors (Lipinski definition) is 4. The highest BCUT2D eigenvalue weighted by Crippen LogP contribution is 2.37. The van der Waals surface area contributed by atoms with Gasteiger partial charge in [-0.3, -0.25) is 5.41 Å². The fourth-order valence-corrected chi connectivity index (χ4v) is 4.63. The van der Waals surface area contributed by atoms with Crippen molar-refractivity contribution < 1.29 is 8.42 Å². The number of guanidine groups is 1. The molecule has 26 heavy (non-hydrogen) atoms. The number of halogens is 1. The molecule has 0 amide bonds. The lowest BCUT2D eigenvalue weighted by molar-refractivity contribution is 0.585. The van der Waals surface area contributed by atoms with Crippen LogP contribution in [-0.2, 0) is 10.0 Å². The summed E-state index contributed by atoms with van der Waals surface area (Å²) in [6.07, 6.45) is 4.95. The van der Waals surface area contributed by atoms with Crippen LogP contribution in [0.25, 0.3) is 10.9 Å². The molecule has 3 rings (SSSR count). The monoisotopic (exact) mass is 395 g/mol. The Morgan fingerprint density at radius 2 is 2.19 bits per heavy atom. The van der Waals surface area contributed by atoms with Crippen molar-refractivity contribution in [2.45, 2.75) is 32.6 Å². The van der Waals surface area contributed by atoms with Crippen LogP contribution in [-0.4, -0.2) is 29.8 Å². The van der Waals surface area contributed by atoms with Crippen LogP contribution in [0.1, 0.15) is 38.2 Å². The van der Waals surface area contributed by atoms with Crippen molar-refractivity contribution in [2.24, 2.45) is 16.8 Å². The Morgan fingerprint density at radius 1 is 1.46 bits per heavy atom. The summed E-state index contributed by atoms with van der Waals surface area (Å²) in [5.74, 6) is 0.0374. The molecule has 1 aliphatic rings. The largest absolute Gasteiger partial charge is 0.369 e. The summed E-state index contributed by atoms with van der Waals surface area (Å²) < 4.78 is 26.9. The van der Waals surface area contributed by atoms with Gasteiger partial charge < -0.3 is 5.73 Å². The first kappa shape index (κ1) is 18.7. The van der Waals surface area contributed by atoms with E-state index in [2.05, 4.69) is 10.5 Å². The average Bonchev–Trinajstić information content (AvgIpc) is 3.34. The molecule has 140 valence electrons. The Morgan fingerprint density at radius 3 is 2.81 bits per heavy atom. The van der Waals surface area contributed by atoms with Crippen molar-refractivity contribution in [3.05, 3.63) is 35.0 Å². The van der Waals surface area contributed by atoms with Crippen LogP contribution in [0.5, 0.6) is 0 Å². The van der Waals surface area contributed by atoms with Crippen molar-refractivity contribution in [2.75, 3.05) is 5.75 Å². The van der Waals surface area contributed by atoms with Gasteiger partial charge in [0.25, 0.3) is 0 Å². The molecule has 1 saturated carbocycles. The van der Waals surface area contributed by atoms with Gasteiger partial charge >= 0.3 is 0 Å². The predicted octanol–water partition coefficient (Wildman–Crippen LogP) is 2.87. The van der Waals surface area contributed by atoms with Crippen LogP contribution in [0.15, 0.2) is 29.5 Å². The Balaban J connectivity index is 2.18. The van der Waals surface area contributed by atoms with Crippen molar-refractivity contribution in [1.29, 1.82) is 5.41 Å². The third kappa shape index (κ3) is 3.86. The van der Waals surface area contributed by atoms with Crippen molar-refractivity contribution >= 4 is 44.2 Å². The molecule has 9 heteroatoms. The van der Waals surface area contributed by atoms with Gasteiger partial charge in [0.15, 0.2) is 0 Å².